The highest BCUT2D eigenvalue weighted by molar-refractivity contribution is 7.35. The van der Waals surface area contributed by atoms with Crippen LogP contribution in [0.15, 0.2) is 135 Å². The lowest BCUT2D eigenvalue weighted by molar-refractivity contribution is -0.183. The molecule has 5 heterocycles. The van der Waals surface area contributed by atoms with Crippen LogP contribution in [0.5, 0.6) is 5.75 Å². The smallest absolute Gasteiger partial charge is 0.367 e. The zero-order valence-corrected chi connectivity index (χ0v) is 39.3. The molecule has 0 radical (unpaired) electrons. The molecule has 0 amide bonds. The highest BCUT2D eigenvalue weighted by Gasteiger charge is 2.60. The number of aliphatic imine (C=N–C) groups is 1. The third-order valence-electron chi connectivity index (χ3n) is 12.1. The molecule has 1 unspecified atom stereocenters. The summed E-state index contributed by atoms with van der Waals surface area (Å²) in [6.07, 6.45) is 9.70. The molecule has 0 spiro atoms. The number of Topliss-reactive ketones (excluding diaryl/α,β-unsaturated/α-hetero) is 2. The number of thiazole rings is 2. The van der Waals surface area contributed by atoms with Crippen molar-refractivity contribution >= 4 is 104 Å². The van der Waals surface area contributed by atoms with Crippen LogP contribution in [0.2, 0.25) is 0 Å². The number of carbonyl (C=O) groups is 4. The first kappa shape index (κ1) is 44.1. The number of carbonyl (C=O) groups excluding carboxylic acids is 4. The van der Waals surface area contributed by atoms with Gasteiger partial charge in [-0.05, 0) is 48.0 Å². The largest absolute Gasteiger partial charge is 0.457 e. The number of benzene rings is 2. The maximum atomic E-state index is 15.2. The Kier molecular flexibility index (Phi) is 11.1. The zero-order chi connectivity index (χ0) is 48.3. The summed E-state index contributed by atoms with van der Waals surface area (Å²) in [4.78, 5) is 74.2. The van der Waals surface area contributed by atoms with Gasteiger partial charge in [0.1, 0.15) is 74.8 Å². The topological polar surface area (TPSA) is 241 Å². The summed E-state index contributed by atoms with van der Waals surface area (Å²) in [5.41, 5.74) is 0.289. The minimum atomic E-state index is -2.62. The van der Waals surface area contributed by atoms with Crippen LogP contribution in [0.25, 0.3) is 28.8 Å². The first-order valence-corrected chi connectivity index (χ1v) is 24.8. The summed E-state index contributed by atoms with van der Waals surface area (Å²) in [7, 11) is 0. The van der Waals surface area contributed by atoms with Gasteiger partial charge in [-0.15, -0.1) is 22.7 Å². The number of ketones is 2. The quantitative estimate of drug-likeness (QED) is 0.0806. The van der Waals surface area contributed by atoms with E-state index >= 15 is 9.59 Å². The van der Waals surface area contributed by atoms with Gasteiger partial charge in [0.05, 0.1) is 20.0 Å². The second-order valence-corrected chi connectivity index (χ2v) is 20.1. The lowest BCUT2D eigenvalue weighted by Crippen LogP contribution is -2.52. The molecule has 6 aromatic rings. The van der Waals surface area contributed by atoms with Gasteiger partial charge in [0, 0.05) is 22.3 Å². The van der Waals surface area contributed by atoms with Crippen LogP contribution in [-0.2, 0) is 47.5 Å². The third kappa shape index (κ3) is 7.02. The summed E-state index contributed by atoms with van der Waals surface area (Å²) < 4.78 is 19.6. The van der Waals surface area contributed by atoms with Crippen LogP contribution in [0, 0.1) is 45.3 Å². The zero-order valence-electron chi connectivity index (χ0n) is 36.0. The van der Waals surface area contributed by atoms with E-state index in [0.29, 0.717) is 87.9 Å². The number of hydrogen-bond acceptors (Lipinski definition) is 19. The van der Waals surface area contributed by atoms with Gasteiger partial charge in [-0.2, -0.15) is 21.0 Å². The Bertz CT molecular complexity index is 3670. The molecule has 11 rings (SSSR count). The van der Waals surface area contributed by atoms with Crippen LogP contribution >= 0.6 is 45.3 Å². The van der Waals surface area contributed by atoms with Gasteiger partial charge >= 0.3 is 17.5 Å². The first-order chi connectivity index (χ1) is 34.2. The van der Waals surface area contributed by atoms with Crippen LogP contribution in [0.1, 0.15) is 42.4 Å². The Morgan fingerprint density at radius 3 is 1.90 bits per heavy atom. The normalized spacial score (nSPS) is 17.8. The lowest BCUT2D eigenvalue weighted by atomic mass is 9.91. The monoisotopic (exact) mass is 992 g/mol. The molecule has 1 N–H and O–H groups in total. The van der Waals surface area contributed by atoms with E-state index in [9.17, 15) is 30.6 Å². The Hall–Kier alpha value is -8.43. The fourth-order valence-corrected chi connectivity index (χ4v) is 13.8. The van der Waals surface area contributed by atoms with E-state index in [1.54, 1.807) is 60.7 Å². The van der Waals surface area contributed by atoms with Crippen molar-refractivity contribution in [2.45, 2.75) is 50.5 Å². The molecule has 70 heavy (non-hydrogen) atoms. The molecule has 4 aromatic heterocycles. The predicted octanol–water partition coefficient (Wildman–Crippen LogP) is 9.77. The average molecular weight is 993 g/mol. The van der Waals surface area contributed by atoms with Crippen LogP contribution in [-0.4, -0.2) is 45.2 Å². The number of rotatable bonds is 9. The molecular weight excluding hydrogens is 965 g/mol. The van der Waals surface area contributed by atoms with E-state index in [0.717, 1.165) is 34.0 Å². The number of nitriles is 4. The van der Waals surface area contributed by atoms with Gasteiger partial charge in [-0.25, -0.2) is 24.5 Å². The second-order valence-electron chi connectivity index (χ2n) is 16.1. The third-order valence-corrected chi connectivity index (χ3v) is 16.6. The SMILES string of the molecule is N#CC(C#N)=C1C2=CCCC=C2C(=O)C1=Nc1nc2sc3c(c2s1)C(C(=O)OCc1ccccc1)(C(=O)OCc1ccccc1)Oc1c-3sc2nc(NC3C(=O)C4=CCCC=C4C3=C(C#N)C#N)sc12. The molecular formula is C51H28N8O7S4. The summed E-state index contributed by atoms with van der Waals surface area (Å²) in [6.45, 7) is -0.480. The minimum Gasteiger partial charge on any atom is -0.457 e. The highest BCUT2D eigenvalue weighted by atomic mass is 32.1. The van der Waals surface area contributed by atoms with Crippen molar-refractivity contribution in [1.29, 1.82) is 21.0 Å². The number of allylic oxidation sites excluding steroid dienone is 9. The summed E-state index contributed by atoms with van der Waals surface area (Å²) >= 11 is 4.44. The van der Waals surface area contributed by atoms with E-state index in [-0.39, 0.29) is 68.6 Å². The van der Waals surface area contributed by atoms with E-state index < -0.39 is 29.4 Å². The van der Waals surface area contributed by atoms with Crippen molar-refractivity contribution in [3.8, 4) is 39.8 Å². The molecule has 0 saturated heterocycles. The number of esters is 2. The summed E-state index contributed by atoms with van der Waals surface area (Å²) in [6, 6.07) is 24.4. The fraction of sp³-hybridized carbons (Fsp3) is 0.157. The van der Waals surface area contributed by atoms with E-state index in [1.165, 1.54) is 11.3 Å². The number of ether oxygens (including phenoxy) is 3. The van der Waals surface area contributed by atoms with Crippen molar-refractivity contribution < 1.29 is 33.4 Å². The number of fused-ring (bicyclic) bond motifs is 9. The predicted molar refractivity (Wildman–Crippen MR) is 261 cm³/mol. The highest BCUT2D eigenvalue weighted by Crippen LogP contribution is 2.61. The number of hydrogen-bond donors (Lipinski definition) is 1. The van der Waals surface area contributed by atoms with Gasteiger partial charge in [0.25, 0.3) is 0 Å². The maximum absolute atomic E-state index is 15.2. The molecule has 15 nitrogen and oxygen atoms in total. The van der Waals surface area contributed by atoms with Gasteiger partial charge in [-0.1, -0.05) is 108 Å². The number of nitrogens with one attached hydrogen (secondary N) is 1. The molecule has 2 saturated carbocycles. The Labute approximate surface area is 412 Å². The van der Waals surface area contributed by atoms with Gasteiger partial charge in [-0.3, -0.25) is 9.59 Å². The van der Waals surface area contributed by atoms with Crippen molar-refractivity contribution in [1.82, 2.24) is 9.97 Å². The molecule has 5 aliphatic rings. The van der Waals surface area contributed by atoms with Gasteiger partial charge in [0.15, 0.2) is 16.7 Å². The van der Waals surface area contributed by atoms with Crippen LogP contribution in [0.3, 0.4) is 0 Å². The van der Waals surface area contributed by atoms with E-state index in [1.807, 2.05) is 48.6 Å². The van der Waals surface area contributed by atoms with Gasteiger partial charge in [0.2, 0.25) is 10.9 Å². The summed E-state index contributed by atoms with van der Waals surface area (Å²) in [5, 5.41) is 43.2. The molecule has 1 atom stereocenters. The maximum Gasteiger partial charge on any atom is 0.367 e. The average Bonchev–Trinajstić information content (AvgIpc) is 4.24. The van der Waals surface area contributed by atoms with E-state index in [4.69, 9.17) is 24.2 Å². The van der Waals surface area contributed by atoms with Gasteiger partial charge < -0.3 is 19.5 Å². The summed E-state index contributed by atoms with van der Waals surface area (Å²) in [5.74, 6) is -2.83. The molecule has 2 aromatic carbocycles. The van der Waals surface area contributed by atoms with Crippen molar-refractivity contribution in [3.63, 3.8) is 0 Å². The van der Waals surface area contributed by atoms with Crippen LogP contribution < -0.4 is 10.1 Å². The molecule has 19 heteroatoms. The van der Waals surface area contributed by atoms with E-state index in [2.05, 4.69) is 10.3 Å². The molecule has 338 valence electrons. The molecule has 4 aliphatic carbocycles. The first-order valence-electron chi connectivity index (χ1n) is 21.5. The molecule has 0 bridgehead atoms. The van der Waals surface area contributed by atoms with Crippen LogP contribution in [0.4, 0.5) is 10.3 Å². The Morgan fingerprint density at radius 1 is 0.700 bits per heavy atom. The van der Waals surface area contributed by atoms with Crippen molar-refractivity contribution in [2.24, 2.45) is 4.99 Å². The molecule has 1 aliphatic heterocycles. The minimum absolute atomic E-state index is 0.0525. The molecule has 2 fully saturated rings. The fourth-order valence-electron chi connectivity index (χ4n) is 8.97. The standard InChI is InChI=1S/C51H28N8O7S4/c52-19-27(20-53)33-29-15-7-9-17-31(29)38(60)36(33)56-49-58-45-42(69-49)35-41(67-45)43-40(66-51(35,47(62)64-23-25-11-3-1-4-12-25)48(63)65-24-26-13-5-2-6-14-26)44-46(68-43)59-50(70-44)57-37-34(28(21-54)22-55)30-16-8-10-18-32(30)39(37)61/h1-6,11-18,37H,7-10,23-24H2,(H,57,59). The number of nitrogens with zero attached hydrogens (tertiary/aromatic N) is 7. The number of thiophene rings is 2. The lowest BCUT2D eigenvalue weighted by Gasteiger charge is -2.33. The van der Waals surface area contributed by atoms with Crippen molar-refractivity contribution in [2.75, 3.05) is 5.32 Å². The Balaban J connectivity index is 1.08. The number of anilines is 1. The second kappa shape index (κ2) is 17.6. The van der Waals surface area contributed by atoms with Crippen molar-refractivity contribution in [3.05, 3.63) is 146 Å². The Morgan fingerprint density at radius 2 is 1.27 bits per heavy atom. The number of aromatic nitrogens is 2.